The lowest BCUT2D eigenvalue weighted by atomic mass is 9.80. The summed E-state index contributed by atoms with van der Waals surface area (Å²) in [5.74, 6) is 0.658. The van der Waals surface area contributed by atoms with Gasteiger partial charge in [-0.15, -0.1) is 0 Å². The molecule has 0 aliphatic heterocycles. The fraction of sp³-hybridized carbons (Fsp3) is 0.102. The second-order valence-electron chi connectivity index (χ2n) is 14.0. The molecule has 0 spiro atoms. The van der Waals surface area contributed by atoms with Crippen LogP contribution in [0.3, 0.4) is 0 Å². The standard InChI is InChI=1S/C49H43N2P/c1-49(2,3)47-34-40(29-30-46(47)38-17-9-5-10-18-38)42-31-41(32-45(33-42)52(43-21-13-7-14-22-43)44-23-15-8-16-24-44)37-27-25-36(26-28-37)35-51-48(50-4)39-19-11-6-12-20-39/h5-34H,4,35H2,1-3H3/b51-48-. The Bertz CT molecular complexity index is 2250. The van der Waals surface area contributed by atoms with Crippen LogP contribution in [0.5, 0.6) is 0 Å². The lowest BCUT2D eigenvalue weighted by Crippen LogP contribution is -2.21. The first-order valence-electron chi connectivity index (χ1n) is 17.8. The maximum atomic E-state index is 4.79. The highest BCUT2D eigenvalue weighted by Crippen LogP contribution is 2.40. The van der Waals surface area contributed by atoms with Crippen LogP contribution in [0.1, 0.15) is 37.5 Å². The minimum absolute atomic E-state index is 0.0396. The Balaban J connectivity index is 1.35. The zero-order valence-electron chi connectivity index (χ0n) is 30.1. The summed E-state index contributed by atoms with van der Waals surface area (Å²) >= 11 is 0. The first-order valence-corrected chi connectivity index (χ1v) is 19.1. The van der Waals surface area contributed by atoms with Gasteiger partial charge < -0.3 is 0 Å². The highest BCUT2D eigenvalue weighted by molar-refractivity contribution is 7.79. The summed E-state index contributed by atoms with van der Waals surface area (Å²) in [5, 5.41) is 3.99. The highest BCUT2D eigenvalue weighted by atomic mass is 31.1. The van der Waals surface area contributed by atoms with Crippen molar-refractivity contribution in [1.29, 1.82) is 0 Å². The van der Waals surface area contributed by atoms with Crippen molar-refractivity contribution in [1.82, 2.24) is 0 Å². The molecule has 254 valence electrons. The molecule has 0 atom stereocenters. The molecular formula is C49H43N2P. The molecule has 52 heavy (non-hydrogen) atoms. The maximum absolute atomic E-state index is 4.79. The van der Waals surface area contributed by atoms with Gasteiger partial charge in [0.2, 0.25) is 0 Å². The first kappa shape index (κ1) is 34.7. The predicted molar refractivity (Wildman–Crippen MR) is 226 cm³/mol. The number of hydrogen-bond donors (Lipinski definition) is 0. The van der Waals surface area contributed by atoms with Gasteiger partial charge in [0.15, 0.2) is 5.84 Å². The van der Waals surface area contributed by atoms with Gasteiger partial charge in [-0.05, 0) is 98.7 Å². The Morgan fingerprint density at radius 3 is 1.58 bits per heavy atom. The lowest BCUT2D eigenvalue weighted by molar-refractivity contribution is 0.592. The summed E-state index contributed by atoms with van der Waals surface area (Å²) in [6.45, 7) is 11.2. The largest absolute Gasteiger partial charge is 0.261 e. The van der Waals surface area contributed by atoms with E-state index in [4.69, 9.17) is 4.99 Å². The SMILES string of the molecule is C=N/C(=N\Cc1ccc(-c2cc(-c3ccc(-c4ccccc4)c(C(C)(C)C)c3)cc(P(c3ccccc3)c3ccccc3)c2)cc1)c1ccccc1. The quantitative estimate of drug-likeness (QED) is 0.0818. The Morgan fingerprint density at radius 2 is 1.02 bits per heavy atom. The van der Waals surface area contributed by atoms with Crippen molar-refractivity contribution in [3.8, 4) is 33.4 Å². The van der Waals surface area contributed by atoms with E-state index in [-0.39, 0.29) is 5.41 Å². The van der Waals surface area contributed by atoms with Crippen LogP contribution in [0.4, 0.5) is 0 Å². The van der Waals surface area contributed by atoms with E-state index in [0.29, 0.717) is 12.4 Å². The van der Waals surface area contributed by atoms with Crippen molar-refractivity contribution in [2.45, 2.75) is 32.7 Å². The molecule has 0 N–H and O–H groups in total. The Labute approximate surface area is 310 Å². The summed E-state index contributed by atoms with van der Waals surface area (Å²) < 4.78 is 0. The van der Waals surface area contributed by atoms with Crippen LogP contribution < -0.4 is 15.9 Å². The third kappa shape index (κ3) is 7.94. The first-order chi connectivity index (χ1) is 25.4. The molecular weight excluding hydrogens is 648 g/mol. The summed E-state index contributed by atoms with van der Waals surface area (Å²) in [7, 11) is -0.809. The molecule has 0 fully saturated rings. The second kappa shape index (κ2) is 15.7. The molecule has 7 aromatic rings. The van der Waals surface area contributed by atoms with E-state index in [9.17, 15) is 0 Å². The van der Waals surface area contributed by atoms with E-state index < -0.39 is 7.92 Å². The fourth-order valence-corrected chi connectivity index (χ4v) is 9.05. The average molecular weight is 691 g/mol. The van der Waals surface area contributed by atoms with Gasteiger partial charge in [-0.2, -0.15) is 0 Å². The maximum Gasteiger partial charge on any atom is 0.154 e. The highest BCUT2D eigenvalue weighted by Gasteiger charge is 2.22. The molecule has 0 heterocycles. The molecule has 0 radical (unpaired) electrons. The Hall–Kier alpha value is -5.69. The smallest absolute Gasteiger partial charge is 0.154 e. The molecule has 3 heteroatoms. The number of nitrogens with zero attached hydrogens (tertiary/aromatic N) is 2. The van der Waals surface area contributed by atoms with E-state index in [1.54, 1.807) is 0 Å². The van der Waals surface area contributed by atoms with Crippen molar-refractivity contribution >= 4 is 36.4 Å². The van der Waals surface area contributed by atoms with Crippen LogP contribution in [0, 0.1) is 0 Å². The van der Waals surface area contributed by atoms with Crippen molar-refractivity contribution in [2.24, 2.45) is 9.98 Å². The second-order valence-corrected chi connectivity index (χ2v) is 16.2. The van der Waals surface area contributed by atoms with Gasteiger partial charge in [0.1, 0.15) is 0 Å². The van der Waals surface area contributed by atoms with Crippen molar-refractivity contribution < 1.29 is 0 Å². The fourth-order valence-electron chi connectivity index (χ4n) is 6.68. The molecule has 0 bridgehead atoms. The molecule has 0 unspecified atom stereocenters. The molecule has 7 aromatic carbocycles. The van der Waals surface area contributed by atoms with Gasteiger partial charge in [-0.3, -0.25) is 4.99 Å². The Morgan fingerprint density at radius 1 is 0.500 bits per heavy atom. The third-order valence-electron chi connectivity index (χ3n) is 9.33. The van der Waals surface area contributed by atoms with Gasteiger partial charge in [-0.25, -0.2) is 4.99 Å². The van der Waals surface area contributed by atoms with Crippen LogP contribution in [0.2, 0.25) is 0 Å². The van der Waals surface area contributed by atoms with Crippen LogP contribution in [-0.2, 0) is 12.0 Å². The van der Waals surface area contributed by atoms with E-state index in [0.717, 1.165) is 11.1 Å². The van der Waals surface area contributed by atoms with Crippen LogP contribution in [0.15, 0.2) is 192 Å². The van der Waals surface area contributed by atoms with Gasteiger partial charge in [-0.1, -0.05) is 185 Å². The van der Waals surface area contributed by atoms with Gasteiger partial charge >= 0.3 is 0 Å². The van der Waals surface area contributed by atoms with Crippen molar-refractivity contribution in [3.63, 3.8) is 0 Å². The number of aliphatic imine (C=N–C) groups is 2. The van der Waals surface area contributed by atoms with Crippen molar-refractivity contribution in [3.05, 3.63) is 199 Å². The zero-order valence-corrected chi connectivity index (χ0v) is 31.0. The summed E-state index contributed by atoms with van der Waals surface area (Å²) in [6, 6.07) is 65.7. The van der Waals surface area contributed by atoms with E-state index in [1.165, 1.54) is 54.9 Å². The van der Waals surface area contributed by atoms with E-state index >= 15 is 0 Å². The monoisotopic (exact) mass is 690 g/mol. The van der Waals surface area contributed by atoms with E-state index in [1.807, 2.05) is 30.3 Å². The molecule has 0 aromatic heterocycles. The van der Waals surface area contributed by atoms with Crippen LogP contribution >= 0.6 is 7.92 Å². The number of hydrogen-bond acceptors (Lipinski definition) is 1. The molecule has 0 saturated carbocycles. The van der Waals surface area contributed by atoms with Gasteiger partial charge in [0, 0.05) is 5.56 Å². The molecule has 7 rings (SSSR count). The number of benzene rings is 7. The lowest BCUT2D eigenvalue weighted by Gasteiger charge is -2.25. The molecule has 0 saturated heterocycles. The molecule has 0 aliphatic carbocycles. The Kier molecular flexibility index (Phi) is 10.5. The topological polar surface area (TPSA) is 24.7 Å². The molecule has 2 nitrogen and oxygen atoms in total. The number of amidine groups is 1. The average Bonchev–Trinajstić information content (AvgIpc) is 3.19. The van der Waals surface area contributed by atoms with Crippen LogP contribution in [-0.4, -0.2) is 12.6 Å². The summed E-state index contributed by atoms with van der Waals surface area (Å²) in [6.07, 6.45) is 0. The van der Waals surface area contributed by atoms with Crippen LogP contribution in [0.25, 0.3) is 33.4 Å². The zero-order chi connectivity index (χ0) is 35.9. The summed E-state index contributed by atoms with van der Waals surface area (Å²) in [4.78, 5) is 8.99. The predicted octanol–water partition coefficient (Wildman–Crippen LogP) is 11.4. The molecule has 0 amide bonds. The minimum Gasteiger partial charge on any atom is -0.261 e. The van der Waals surface area contributed by atoms with Gasteiger partial charge in [0.05, 0.1) is 6.54 Å². The van der Waals surface area contributed by atoms with Crippen molar-refractivity contribution in [2.75, 3.05) is 0 Å². The third-order valence-corrected chi connectivity index (χ3v) is 11.7. The summed E-state index contributed by atoms with van der Waals surface area (Å²) in [5.41, 5.74) is 10.7. The van der Waals surface area contributed by atoms with Gasteiger partial charge in [0.25, 0.3) is 0 Å². The van der Waals surface area contributed by atoms with E-state index in [2.05, 4.69) is 184 Å². The molecule has 0 aliphatic rings. The minimum atomic E-state index is -0.809. The number of rotatable bonds is 9. The normalized spacial score (nSPS) is 11.8.